The molecule has 0 radical (unpaired) electrons. The molecule has 2 aliphatic heterocycles. The van der Waals surface area contributed by atoms with Crippen LogP contribution in [0.25, 0.3) is 0 Å². The molecule has 7 nitrogen and oxygen atoms in total. The molecule has 8 heteroatoms. The molecule has 0 aromatic rings. The standard InChI is InChI=1S/C16H25N3O4S/c20-12(19-16(6-3-7-16)8-13(21)22)5-2-1-4-11-14-10(9-24-11)17-15(23)18-14/h10-11,14H,1-9H2,(H,19,20)(H,21,22)(H2,17,18,23)/t10-,11-,14-/m0/s1. The third kappa shape index (κ3) is 3.96. The molecule has 3 atom stereocenters. The number of thioether (sulfide) groups is 1. The molecule has 24 heavy (non-hydrogen) atoms. The maximum Gasteiger partial charge on any atom is 0.315 e. The number of carboxylic acid groups (broad SMARTS) is 1. The molecule has 1 aliphatic carbocycles. The number of amides is 3. The van der Waals surface area contributed by atoms with Crippen LogP contribution in [0.15, 0.2) is 0 Å². The van der Waals surface area contributed by atoms with Crippen LogP contribution in [0.5, 0.6) is 0 Å². The summed E-state index contributed by atoms with van der Waals surface area (Å²) in [7, 11) is 0. The summed E-state index contributed by atoms with van der Waals surface area (Å²) in [6, 6.07) is 0.384. The lowest BCUT2D eigenvalue weighted by Gasteiger charge is -2.41. The van der Waals surface area contributed by atoms with Crippen molar-refractivity contribution < 1.29 is 19.5 Å². The van der Waals surface area contributed by atoms with Crippen LogP contribution in [0.2, 0.25) is 0 Å². The van der Waals surface area contributed by atoms with Gasteiger partial charge >= 0.3 is 12.0 Å². The van der Waals surface area contributed by atoms with Crippen LogP contribution in [0.1, 0.15) is 51.4 Å². The highest BCUT2D eigenvalue weighted by atomic mass is 32.2. The van der Waals surface area contributed by atoms with E-state index in [1.165, 1.54) is 0 Å². The van der Waals surface area contributed by atoms with E-state index in [2.05, 4.69) is 16.0 Å². The molecule has 0 aromatic carbocycles. The van der Waals surface area contributed by atoms with Crippen LogP contribution in [0.3, 0.4) is 0 Å². The molecule has 0 aromatic heterocycles. The summed E-state index contributed by atoms with van der Waals surface area (Å²) in [6.45, 7) is 0. The second-order valence-electron chi connectivity index (χ2n) is 7.12. The maximum absolute atomic E-state index is 12.1. The average molecular weight is 355 g/mol. The molecule has 0 unspecified atom stereocenters. The third-order valence-corrected chi connectivity index (χ3v) is 6.79. The molecule has 2 saturated heterocycles. The van der Waals surface area contributed by atoms with Crippen LogP contribution in [-0.4, -0.2) is 51.6 Å². The Morgan fingerprint density at radius 3 is 2.75 bits per heavy atom. The van der Waals surface area contributed by atoms with Gasteiger partial charge < -0.3 is 21.1 Å². The normalized spacial score (nSPS) is 30.0. The van der Waals surface area contributed by atoms with Crippen molar-refractivity contribution in [3.63, 3.8) is 0 Å². The molecule has 134 valence electrons. The monoisotopic (exact) mass is 355 g/mol. The molecule has 1 saturated carbocycles. The van der Waals surface area contributed by atoms with Crippen molar-refractivity contribution in [1.29, 1.82) is 0 Å². The zero-order valence-corrected chi connectivity index (χ0v) is 14.5. The summed E-state index contributed by atoms with van der Waals surface area (Å²) >= 11 is 1.88. The van der Waals surface area contributed by atoms with Gasteiger partial charge in [-0.25, -0.2) is 4.79 Å². The number of urea groups is 1. The quantitative estimate of drug-likeness (QED) is 0.387. The van der Waals surface area contributed by atoms with Gasteiger partial charge in [-0.3, -0.25) is 9.59 Å². The number of carbonyl (C=O) groups excluding carboxylic acids is 2. The van der Waals surface area contributed by atoms with Crippen molar-refractivity contribution >= 4 is 29.7 Å². The van der Waals surface area contributed by atoms with Crippen LogP contribution >= 0.6 is 11.8 Å². The number of hydrogen-bond donors (Lipinski definition) is 4. The van der Waals surface area contributed by atoms with Crippen molar-refractivity contribution in [3.8, 4) is 0 Å². The van der Waals surface area contributed by atoms with E-state index < -0.39 is 11.5 Å². The summed E-state index contributed by atoms with van der Waals surface area (Å²) in [6.07, 6.45) is 5.70. The van der Waals surface area contributed by atoms with Crippen molar-refractivity contribution in [1.82, 2.24) is 16.0 Å². The maximum atomic E-state index is 12.1. The van der Waals surface area contributed by atoms with Gasteiger partial charge in [-0.1, -0.05) is 6.42 Å². The van der Waals surface area contributed by atoms with Crippen LogP contribution in [0.4, 0.5) is 4.79 Å². The summed E-state index contributed by atoms with van der Waals surface area (Å²) in [5.41, 5.74) is -0.503. The largest absolute Gasteiger partial charge is 0.481 e. The number of hydrogen-bond acceptors (Lipinski definition) is 4. The third-order valence-electron chi connectivity index (χ3n) is 5.29. The van der Waals surface area contributed by atoms with E-state index >= 15 is 0 Å². The van der Waals surface area contributed by atoms with Gasteiger partial charge in [-0.05, 0) is 32.1 Å². The highest BCUT2D eigenvalue weighted by Gasteiger charge is 2.42. The molecule has 2 heterocycles. The van der Waals surface area contributed by atoms with Crippen molar-refractivity contribution in [2.45, 2.75) is 74.2 Å². The Kier molecular flexibility index (Phi) is 5.22. The lowest BCUT2D eigenvalue weighted by Crippen LogP contribution is -2.54. The van der Waals surface area contributed by atoms with E-state index in [0.29, 0.717) is 11.7 Å². The van der Waals surface area contributed by atoms with Gasteiger partial charge in [-0.15, -0.1) is 0 Å². The van der Waals surface area contributed by atoms with Gasteiger partial charge in [0.1, 0.15) is 0 Å². The minimum atomic E-state index is -0.852. The summed E-state index contributed by atoms with van der Waals surface area (Å²) in [5.74, 6) is 0.0606. The topological polar surface area (TPSA) is 108 Å². The second-order valence-corrected chi connectivity index (χ2v) is 8.39. The molecular weight excluding hydrogens is 330 g/mol. The minimum Gasteiger partial charge on any atom is -0.481 e. The zero-order valence-electron chi connectivity index (χ0n) is 13.7. The fourth-order valence-corrected chi connectivity index (χ4v) is 5.41. The predicted molar refractivity (Wildman–Crippen MR) is 90.9 cm³/mol. The Morgan fingerprint density at radius 2 is 2.08 bits per heavy atom. The number of carbonyl (C=O) groups is 3. The molecule has 3 fully saturated rings. The van der Waals surface area contributed by atoms with Gasteiger partial charge in [0.05, 0.1) is 24.0 Å². The first-order valence-corrected chi connectivity index (χ1v) is 9.74. The Labute approximate surface area is 145 Å². The first kappa shape index (κ1) is 17.4. The first-order chi connectivity index (χ1) is 11.5. The molecule has 0 spiro atoms. The van der Waals surface area contributed by atoms with Crippen LogP contribution in [0, 0.1) is 0 Å². The lowest BCUT2D eigenvalue weighted by atomic mass is 9.74. The van der Waals surface area contributed by atoms with Crippen molar-refractivity contribution in [2.24, 2.45) is 0 Å². The number of fused-ring (bicyclic) bond motifs is 1. The van der Waals surface area contributed by atoms with Gasteiger partial charge in [0.25, 0.3) is 0 Å². The smallest absolute Gasteiger partial charge is 0.315 e. The number of unbranched alkanes of at least 4 members (excludes halogenated alkanes) is 1. The van der Waals surface area contributed by atoms with E-state index in [1.54, 1.807) is 0 Å². The molecule has 3 aliphatic rings. The van der Waals surface area contributed by atoms with Gasteiger partial charge in [-0.2, -0.15) is 11.8 Å². The van der Waals surface area contributed by atoms with Crippen LogP contribution < -0.4 is 16.0 Å². The molecular formula is C16H25N3O4S. The first-order valence-electron chi connectivity index (χ1n) is 8.69. The summed E-state index contributed by atoms with van der Waals surface area (Å²) in [5, 5.41) is 18.2. The van der Waals surface area contributed by atoms with Crippen LogP contribution in [-0.2, 0) is 9.59 Å². The van der Waals surface area contributed by atoms with E-state index in [-0.39, 0.29) is 30.4 Å². The highest BCUT2D eigenvalue weighted by molar-refractivity contribution is 8.00. The zero-order chi connectivity index (χ0) is 17.2. The number of nitrogens with one attached hydrogen (secondary N) is 3. The van der Waals surface area contributed by atoms with Gasteiger partial charge in [0.2, 0.25) is 5.91 Å². The van der Waals surface area contributed by atoms with Crippen molar-refractivity contribution in [2.75, 3.05) is 5.75 Å². The average Bonchev–Trinajstić information content (AvgIpc) is 3.00. The summed E-state index contributed by atoms with van der Waals surface area (Å²) < 4.78 is 0. The number of aliphatic carboxylic acids is 1. The number of carboxylic acids is 1. The Morgan fingerprint density at radius 1 is 1.29 bits per heavy atom. The Hall–Kier alpha value is -1.44. The van der Waals surface area contributed by atoms with Gasteiger partial charge in [0, 0.05) is 17.4 Å². The predicted octanol–water partition coefficient (Wildman–Crippen LogP) is 1.23. The SMILES string of the molecule is O=C(O)CC1(NC(=O)CCCC[C@@H]2SC[C@@H]3NC(=O)N[C@@H]32)CCC1. The molecule has 3 amide bonds. The van der Waals surface area contributed by atoms with Gasteiger partial charge in [0.15, 0.2) is 0 Å². The van der Waals surface area contributed by atoms with Crippen molar-refractivity contribution in [3.05, 3.63) is 0 Å². The van der Waals surface area contributed by atoms with E-state index in [4.69, 9.17) is 5.11 Å². The van der Waals surface area contributed by atoms with E-state index in [0.717, 1.165) is 44.3 Å². The Bertz CT molecular complexity index is 523. The fourth-order valence-electron chi connectivity index (χ4n) is 3.87. The fraction of sp³-hybridized carbons (Fsp3) is 0.812. The second kappa shape index (κ2) is 7.21. The highest BCUT2D eigenvalue weighted by Crippen LogP contribution is 2.35. The lowest BCUT2D eigenvalue weighted by molar-refractivity contribution is -0.140. The minimum absolute atomic E-state index is 0.0211. The number of rotatable bonds is 8. The van der Waals surface area contributed by atoms with E-state index in [1.807, 2.05) is 11.8 Å². The summed E-state index contributed by atoms with van der Waals surface area (Å²) in [4.78, 5) is 34.3. The molecule has 4 N–H and O–H groups in total. The Balaban J connectivity index is 1.34. The molecule has 0 bridgehead atoms. The molecule has 3 rings (SSSR count). The van der Waals surface area contributed by atoms with E-state index in [9.17, 15) is 14.4 Å².